The Labute approximate surface area is 107 Å². The molecule has 1 nitrogen and oxygen atoms in total. The lowest BCUT2D eigenvalue weighted by molar-refractivity contribution is 0.838. The van der Waals surface area contributed by atoms with Crippen LogP contribution in [-0.2, 0) is 6.42 Å². The van der Waals surface area contributed by atoms with Crippen LogP contribution in [-0.4, -0.2) is 0 Å². The molecule has 0 radical (unpaired) electrons. The summed E-state index contributed by atoms with van der Waals surface area (Å²) in [6.07, 6.45) is 2.36. The van der Waals surface area contributed by atoms with Crippen molar-refractivity contribution in [3.8, 4) is 10.4 Å². The van der Waals surface area contributed by atoms with Crippen molar-refractivity contribution >= 4 is 11.3 Å². The van der Waals surface area contributed by atoms with E-state index in [1.165, 1.54) is 27.3 Å². The maximum absolute atomic E-state index is 5.88. The highest BCUT2D eigenvalue weighted by Gasteiger charge is 2.05. The lowest BCUT2D eigenvalue weighted by atomic mass is 10.1. The molecular formula is C15H19NS. The van der Waals surface area contributed by atoms with Crippen molar-refractivity contribution in [1.29, 1.82) is 0 Å². The average Bonchev–Trinajstić information content (AvgIpc) is 2.80. The summed E-state index contributed by atoms with van der Waals surface area (Å²) in [4.78, 5) is 2.55. The van der Waals surface area contributed by atoms with E-state index < -0.39 is 0 Å². The zero-order valence-corrected chi connectivity index (χ0v) is 11.3. The van der Waals surface area contributed by atoms with Crippen LogP contribution >= 0.6 is 11.3 Å². The van der Waals surface area contributed by atoms with Crippen molar-refractivity contribution in [2.75, 3.05) is 0 Å². The van der Waals surface area contributed by atoms with Crippen LogP contribution in [0.15, 0.2) is 36.4 Å². The van der Waals surface area contributed by atoms with Gasteiger partial charge in [0.1, 0.15) is 0 Å². The molecule has 0 aliphatic heterocycles. The molecule has 0 fully saturated rings. The third-order valence-electron chi connectivity index (χ3n) is 2.85. The number of hydrogen-bond acceptors (Lipinski definition) is 2. The SMILES string of the molecule is CCCc1ccc(-c2ccc(C(C)N)s2)cc1. The van der Waals surface area contributed by atoms with E-state index in [1.807, 2.05) is 6.92 Å². The molecule has 1 aromatic carbocycles. The van der Waals surface area contributed by atoms with E-state index in [4.69, 9.17) is 5.73 Å². The lowest BCUT2D eigenvalue weighted by Gasteiger charge is -2.02. The van der Waals surface area contributed by atoms with Crippen LogP contribution in [0.2, 0.25) is 0 Å². The van der Waals surface area contributed by atoms with Gasteiger partial charge in [-0.15, -0.1) is 11.3 Å². The fourth-order valence-corrected chi connectivity index (χ4v) is 2.84. The van der Waals surface area contributed by atoms with Crippen molar-refractivity contribution in [3.05, 3.63) is 46.8 Å². The van der Waals surface area contributed by atoms with E-state index in [1.54, 1.807) is 11.3 Å². The van der Waals surface area contributed by atoms with Gasteiger partial charge in [-0.1, -0.05) is 37.6 Å². The maximum atomic E-state index is 5.88. The molecule has 0 saturated heterocycles. The zero-order valence-electron chi connectivity index (χ0n) is 10.4. The molecule has 0 aliphatic rings. The maximum Gasteiger partial charge on any atom is 0.0361 e. The van der Waals surface area contributed by atoms with Crippen LogP contribution in [0.4, 0.5) is 0 Å². The van der Waals surface area contributed by atoms with E-state index in [9.17, 15) is 0 Å². The topological polar surface area (TPSA) is 26.0 Å². The predicted molar refractivity (Wildman–Crippen MR) is 76.4 cm³/mol. The highest BCUT2D eigenvalue weighted by Crippen LogP contribution is 2.30. The first-order valence-electron chi connectivity index (χ1n) is 6.15. The van der Waals surface area contributed by atoms with Crippen LogP contribution in [0.3, 0.4) is 0 Å². The van der Waals surface area contributed by atoms with Gasteiger partial charge in [0, 0.05) is 15.8 Å². The molecule has 0 saturated carbocycles. The predicted octanol–water partition coefficient (Wildman–Crippen LogP) is 4.39. The molecule has 1 unspecified atom stereocenters. The van der Waals surface area contributed by atoms with Gasteiger partial charge in [0.25, 0.3) is 0 Å². The summed E-state index contributed by atoms with van der Waals surface area (Å²) in [6.45, 7) is 4.24. The van der Waals surface area contributed by atoms with Gasteiger partial charge in [-0.3, -0.25) is 0 Å². The first-order chi connectivity index (χ1) is 8.20. The normalized spacial score (nSPS) is 12.6. The van der Waals surface area contributed by atoms with Gasteiger partial charge in [0.05, 0.1) is 0 Å². The van der Waals surface area contributed by atoms with Crippen LogP contribution < -0.4 is 5.73 Å². The molecule has 90 valence electrons. The average molecular weight is 245 g/mol. The highest BCUT2D eigenvalue weighted by atomic mass is 32.1. The van der Waals surface area contributed by atoms with Crippen molar-refractivity contribution in [3.63, 3.8) is 0 Å². The zero-order chi connectivity index (χ0) is 12.3. The second kappa shape index (κ2) is 5.48. The summed E-state index contributed by atoms with van der Waals surface area (Å²) in [5, 5.41) is 0. The van der Waals surface area contributed by atoms with Gasteiger partial charge in [0.15, 0.2) is 0 Å². The molecule has 0 spiro atoms. The smallest absolute Gasteiger partial charge is 0.0361 e. The molecule has 0 bridgehead atoms. The fourth-order valence-electron chi connectivity index (χ4n) is 1.88. The van der Waals surface area contributed by atoms with Crippen LogP contribution in [0.5, 0.6) is 0 Å². The number of hydrogen-bond donors (Lipinski definition) is 1. The second-order valence-corrected chi connectivity index (χ2v) is 5.55. The molecule has 1 atom stereocenters. The monoisotopic (exact) mass is 245 g/mol. The summed E-state index contributed by atoms with van der Waals surface area (Å²) < 4.78 is 0. The molecule has 17 heavy (non-hydrogen) atoms. The number of thiophene rings is 1. The minimum Gasteiger partial charge on any atom is -0.324 e. The van der Waals surface area contributed by atoms with Crippen molar-refractivity contribution in [2.24, 2.45) is 5.73 Å². The molecule has 1 heterocycles. The quantitative estimate of drug-likeness (QED) is 0.849. The Morgan fingerprint density at radius 2 is 1.82 bits per heavy atom. The van der Waals surface area contributed by atoms with Crippen LogP contribution in [0, 0.1) is 0 Å². The van der Waals surface area contributed by atoms with Gasteiger partial charge in [-0.25, -0.2) is 0 Å². The van der Waals surface area contributed by atoms with Crippen LogP contribution in [0.1, 0.15) is 36.8 Å². The number of nitrogens with two attached hydrogens (primary N) is 1. The number of benzene rings is 1. The summed E-state index contributed by atoms with van der Waals surface area (Å²) in [7, 11) is 0. The fraction of sp³-hybridized carbons (Fsp3) is 0.333. The number of aryl methyl sites for hydroxylation is 1. The van der Waals surface area contributed by atoms with E-state index >= 15 is 0 Å². The molecule has 2 rings (SSSR count). The first-order valence-corrected chi connectivity index (χ1v) is 6.97. The third-order valence-corrected chi connectivity index (χ3v) is 4.19. The summed E-state index contributed by atoms with van der Waals surface area (Å²) in [5.41, 5.74) is 8.59. The van der Waals surface area contributed by atoms with E-state index in [-0.39, 0.29) is 6.04 Å². The number of rotatable bonds is 4. The minimum atomic E-state index is 0.133. The summed E-state index contributed by atoms with van der Waals surface area (Å²) in [5.74, 6) is 0. The largest absolute Gasteiger partial charge is 0.324 e. The molecule has 1 aromatic heterocycles. The van der Waals surface area contributed by atoms with E-state index in [0.717, 1.165) is 6.42 Å². The Hall–Kier alpha value is -1.12. The molecular weight excluding hydrogens is 226 g/mol. The Kier molecular flexibility index (Phi) is 3.97. The van der Waals surface area contributed by atoms with Gasteiger partial charge >= 0.3 is 0 Å². The summed E-state index contributed by atoms with van der Waals surface area (Å²) >= 11 is 1.79. The Balaban J connectivity index is 2.21. The van der Waals surface area contributed by atoms with Gasteiger partial charge < -0.3 is 5.73 Å². The molecule has 0 aliphatic carbocycles. The van der Waals surface area contributed by atoms with Gasteiger partial charge in [-0.2, -0.15) is 0 Å². The van der Waals surface area contributed by atoms with Crippen molar-refractivity contribution in [1.82, 2.24) is 0 Å². The first kappa shape index (κ1) is 12.3. The van der Waals surface area contributed by atoms with Crippen LogP contribution in [0.25, 0.3) is 10.4 Å². The van der Waals surface area contributed by atoms with Crippen molar-refractivity contribution in [2.45, 2.75) is 32.7 Å². The van der Waals surface area contributed by atoms with E-state index in [0.29, 0.717) is 0 Å². The molecule has 2 N–H and O–H groups in total. The second-order valence-electron chi connectivity index (χ2n) is 4.44. The Morgan fingerprint density at radius 3 is 2.35 bits per heavy atom. The van der Waals surface area contributed by atoms with Crippen molar-refractivity contribution < 1.29 is 0 Å². The minimum absolute atomic E-state index is 0.133. The third kappa shape index (κ3) is 2.96. The molecule has 0 amide bonds. The van der Waals surface area contributed by atoms with E-state index in [2.05, 4.69) is 43.3 Å². The van der Waals surface area contributed by atoms with Gasteiger partial charge in [0.2, 0.25) is 0 Å². The van der Waals surface area contributed by atoms with Gasteiger partial charge in [-0.05, 0) is 36.6 Å². The Bertz CT molecular complexity index is 468. The summed E-state index contributed by atoms with van der Waals surface area (Å²) in [6, 6.07) is 13.3. The highest BCUT2D eigenvalue weighted by molar-refractivity contribution is 7.15. The Morgan fingerprint density at radius 1 is 1.12 bits per heavy atom. The molecule has 2 aromatic rings. The standard InChI is InChI=1S/C15H19NS/c1-3-4-12-5-7-13(8-6-12)15-10-9-14(17-15)11(2)16/h5-11H,3-4,16H2,1-2H3. The molecule has 2 heteroatoms. The lowest BCUT2D eigenvalue weighted by Crippen LogP contribution is -2.01.